The lowest BCUT2D eigenvalue weighted by Crippen LogP contribution is -2.44. The van der Waals surface area contributed by atoms with Crippen molar-refractivity contribution in [1.29, 1.82) is 0 Å². The smallest absolute Gasteiger partial charge is 0.338 e. The molecule has 1 aromatic rings. The van der Waals surface area contributed by atoms with E-state index in [4.69, 9.17) is 5.11 Å². The molecule has 104 valence electrons. The summed E-state index contributed by atoms with van der Waals surface area (Å²) < 4.78 is 0. The molecule has 7 heteroatoms. The minimum absolute atomic E-state index is 0.128. The molecule has 0 spiro atoms. The van der Waals surface area contributed by atoms with E-state index >= 15 is 0 Å². The number of nitrogens with zero attached hydrogens (tertiary/aromatic N) is 1. The predicted octanol–water partition coefficient (Wildman–Crippen LogP) is 1.66. The molecule has 2 amide bonds. The van der Waals surface area contributed by atoms with E-state index in [-0.39, 0.29) is 17.6 Å². The molecule has 1 fully saturated rings. The summed E-state index contributed by atoms with van der Waals surface area (Å²) in [6.45, 7) is 1.93. The Kier molecular flexibility index (Phi) is 4.39. The van der Waals surface area contributed by atoms with Gasteiger partial charge in [-0.3, -0.25) is 5.32 Å². The molecule has 0 radical (unpaired) electrons. The molecule has 1 aromatic heterocycles. The van der Waals surface area contributed by atoms with Crippen LogP contribution in [0, 0.1) is 0 Å². The summed E-state index contributed by atoms with van der Waals surface area (Å²) in [6.07, 6.45) is 1.83. The van der Waals surface area contributed by atoms with Gasteiger partial charge in [0, 0.05) is 6.04 Å². The van der Waals surface area contributed by atoms with Crippen LogP contribution < -0.4 is 10.6 Å². The molecule has 0 unspecified atom stereocenters. The number of hydrogen-bond donors (Lipinski definition) is 3. The van der Waals surface area contributed by atoms with Crippen molar-refractivity contribution in [2.75, 3.05) is 25.5 Å². The first-order valence-electron chi connectivity index (χ1n) is 6.13. The van der Waals surface area contributed by atoms with Crippen molar-refractivity contribution in [2.45, 2.75) is 18.9 Å². The number of carbonyl (C=O) groups excluding carboxylic acids is 1. The molecule has 0 aliphatic carbocycles. The van der Waals surface area contributed by atoms with Crippen molar-refractivity contribution >= 4 is 28.3 Å². The Morgan fingerprint density at radius 1 is 1.42 bits per heavy atom. The maximum atomic E-state index is 11.8. The highest BCUT2D eigenvalue weighted by Gasteiger charge is 2.19. The van der Waals surface area contributed by atoms with Gasteiger partial charge in [-0.25, -0.2) is 9.59 Å². The van der Waals surface area contributed by atoms with E-state index in [1.807, 2.05) is 0 Å². The topological polar surface area (TPSA) is 81.7 Å². The Balaban J connectivity index is 1.87. The molecular weight excluding hydrogens is 266 g/mol. The lowest BCUT2D eigenvalue weighted by Gasteiger charge is -2.29. The zero-order valence-electron chi connectivity index (χ0n) is 10.7. The molecule has 1 aliphatic heterocycles. The standard InChI is InChI=1S/C12H17N3O3S/c1-15-5-2-8(3-6-15)13-12(18)14-10-9(11(16)17)4-7-19-10/h4,7-8H,2-3,5-6H2,1H3,(H,16,17)(H2,13,14,18). The Morgan fingerprint density at radius 3 is 2.74 bits per heavy atom. The molecule has 6 nitrogen and oxygen atoms in total. The maximum Gasteiger partial charge on any atom is 0.338 e. The highest BCUT2D eigenvalue weighted by atomic mass is 32.1. The Bertz CT molecular complexity index is 467. The summed E-state index contributed by atoms with van der Waals surface area (Å²) in [5, 5.41) is 16.5. The monoisotopic (exact) mass is 283 g/mol. The van der Waals surface area contributed by atoms with Crippen molar-refractivity contribution < 1.29 is 14.7 Å². The second-order valence-electron chi connectivity index (χ2n) is 4.64. The summed E-state index contributed by atoms with van der Waals surface area (Å²) in [7, 11) is 2.06. The largest absolute Gasteiger partial charge is 0.478 e. The van der Waals surface area contributed by atoms with Gasteiger partial charge >= 0.3 is 12.0 Å². The number of likely N-dealkylation sites (tertiary alicyclic amines) is 1. The minimum Gasteiger partial charge on any atom is -0.478 e. The zero-order chi connectivity index (χ0) is 13.8. The molecule has 2 rings (SSSR count). The molecule has 0 saturated carbocycles. The summed E-state index contributed by atoms with van der Waals surface area (Å²) in [5.41, 5.74) is 0.128. The second-order valence-corrected chi connectivity index (χ2v) is 5.56. The normalized spacial score (nSPS) is 17.1. The van der Waals surface area contributed by atoms with Gasteiger partial charge in [-0.15, -0.1) is 11.3 Å². The van der Waals surface area contributed by atoms with E-state index in [0.29, 0.717) is 5.00 Å². The van der Waals surface area contributed by atoms with Crippen LogP contribution in [0.4, 0.5) is 9.80 Å². The van der Waals surface area contributed by atoms with Crippen LogP contribution in [0.3, 0.4) is 0 Å². The van der Waals surface area contributed by atoms with Crippen LogP contribution in [0.5, 0.6) is 0 Å². The Hall–Kier alpha value is -1.60. The molecule has 19 heavy (non-hydrogen) atoms. The molecule has 0 aromatic carbocycles. The van der Waals surface area contributed by atoms with Gasteiger partial charge in [0.2, 0.25) is 0 Å². The first kappa shape index (κ1) is 13.8. The fraction of sp³-hybridized carbons (Fsp3) is 0.500. The van der Waals surface area contributed by atoms with Gasteiger partial charge in [-0.05, 0) is 44.4 Å². The number of carboxylic acid groups (broad SMARTS) is 1. The molecule has 2 heterocycles. The molecule has 3 N–H and O–H groups in total. The summed E-state index contributed by atoms with van der Waals surface area (Å²) in [5.74, 6) is -1.03. The number of carbonyl (C=O) groups is 2. The number of carboxylic acids is 1. The van der Waals surface area contributed by atoms with E-state index in [2.05, 4.69) is 22.6 Å². The molecule has 1 saturated heterocycles. The van der Waals surface area contributed by atoms with E-state index in [1.165, 1.54) is 17.4 Å². The van der Waals surface area contributed by atoms with Crippen LogP contribution in [-0.4, -0.2) is 48.2 Å². The van der Waals surface area contributed by atoms with Crippen molar-refractivity contribution in [3.8, 4) is 0 Å². The highest BCUT2D eigenvalue weighted by molar-refractivity contribution is 7.14. The minimum atomic E-state index is -1.03. The summed E-state index contributed by atoms with van der Waals surface area (Å²) >= 11 is 1.21. The molecule has 0 atom stereocenters. The van der Waals surface area contributed by atoms with Crippen LogP contribution >= 0.6 is 11.3 Å². The second kappa shape index (κ2) is 6.03. The lowest BCUT2D eigenvalue weighted by molar-refractivity contribution is 0.0698. The summed E-state index contributed by atoms with van der Waals surface area (Å²) in [4.78, 5) is 25.0. The van der Waals surface area contributed by atoms with Crippen molar-refractivity contribution in [3.63, 3.8) is 0 Å². The van der Waals surface area contributed by atoms with Gasteiger partial charge in [0.25, 0.3) is 0 Å². The fourth-order valence-electron chi connectivity index (χ4n) is 2.05. The third kappa shape index (κ3) is 3.68. The van der Waals surface area contributed by atoms with E-state index in [0.717, 1.165) is 25.9 Å². The SMILES string of the molecule is CN1CCC(NC(=O)Nc2sccc2C(=O)O)CC1. The number of rotatable bonds is 3. The Labute approximate surface area is 115 Å². The van der Waals surface area contributed by atoms with Crippen molar-refractivity contribution in [2.24, 2.45) is 0 Å². The highest BCUT2D eigenvalue weighted by Crippen LogP contribution is 2.23. The number of urea groups is 1. The van der Waals surface area contributed by atoms with Crippen LogP contribution in [-0.2, 0) is 0 Å². The van der Waals surface area contributed by atoms with Gasteiger partial charge in [0.1, 0.15) is 5.00 Å². The fourth-order valence-corrected chi connectivity index (χ4v) is 2.83. The number of aromatic carboxylic acids is 1. The number of piperidine rings is 1. The van der Waals surface area contributed by atoms with Crippen molar-refractivity contribution in [1.82, 2.24) is 10.2 Å². The number of hydrogen-bond acceptors (Lipinski definition) is 4. The quantitative estimate of drug-likeness (QED) is 0.788. The number of nitrogens with one attached hydrogen (secondary N) is 2. The molecule has 1 aliphatic rings. The predicted molar refractivity (Wildman–Crippen MR) is 74.0 cm³/mol. The first-order chi connectivity index (χ1) is 9.06. The molecular formula is C12H17N3O3S. The number of thiophene rings is 1. The van der Waals surface area contributed by atoms with Crippen LogP contribution in [0.1, 0.15) is 23.2 Å². The number of amides is 2. The maximum absolute atomic E-state index is 11.8. The summed E-state index contributed by atoms with van der Waals surface area (Å²) in [6, 6.07) is 1.31. The van der Waals surface area contributed by atoms with Crippen LogP contribution in [0.25, 0.3) is 0 Å². The third-order valence-corrected chi connectivity index (χ3v) is 4.01. The van der Waals surface area contributed by atoms with E-state index in [9.17, 15) is 9.59 Å². The van der Waals surface area contributed by atoms with Gasteiger partial charge < -0.3 is 15.3 Å². The third-order valence-electron chi connectivity index (χ3n) is 3.18. The van der Waals surface area contributed by atoms with Gasteiger partial charge in [0.15, 0.2) is 0 Å². The van der Waals surface area contributed by atoms with Crippen LogP contribution in [0.15, 0.2) is 11.4 Å². The first-order valence-corrected chi connectivity index (χ1v) is 7.01. The molecule has 0 bridgehead atoms. The van der Waals surface area contributed by atoms with Gasteiger partial charge in [0.05, 0.1) is 5.56 Å². The van der Waals surface area contributed by atoms with E-state index in [1.54, 1.807) is 5.38 Å². The zero-order valence-corrected chi connectivity index (χ0v) is 11.5. The number of anilines is 1. The van der Waals surface area contributed by atoms with Gasteiger partial charge in [-0.1, -0.05) is 0 Å². The van der Waals surface area contributed by atoms with Crippen LogP contribution in [0.2, 0.25) is 0 Å². The van der Waals surface area contributed by atoms with Crippen molar-refractivity contribution in [3.05, 3.63) is 17.0 Å². The van der Waals surface area contributed by atoms with E-state index < -0.39 is 5.97 Å². The van der Waals surface area contributed by atoms with Gasteiger partial charge in [-0.2, -0.15) is 0 Å². The Morgan fingerprint density at radius 2 is 2.11 bits per heavy atom. The average Bonchev–Trinajstić information content (AvgIpc) is 2.80. The lowest BCUT2D eigenvalue weighted by atomic mass is 10.1. The average molecular weight is 283 g/mol.